The number of rotatable bonds is 7. The molecular weight excluding hydrogens is 510 g/mol. The lowest BCUT2D eigenvalue weighted by Gasteiger charge is -2.32. The van der Waals surface area contributed by atoms with Crippen LogP contribution in [0.1, 0.15) is 44.2 Å². The summed E-state index contributed by atoms with van der Waals surface area (Å²) in [7, 11) is 1.26. The number of ether oxygens (including phenoxy) is 2. The molecule has 0 amide bonds. The van der Waals surface area contributed by atoms with Gasteiger partial charge in [-0.3, -0.25) is 15.0 Å². The van der Waals surface area contributed by atoms with Crippen LogP contribution in [0.25, 0.3) is 0 Å². The third kappa shape index (κ3) is 6.06. The predicted octanol–water partition coefficient (Wildman–Crippen LogP) is 4.63. The third-order valence-corrected chi connectivity index (χ3v) is 6.90. The Morgan fingerprint density at radius 1 is 1.08 bits per heavy atom. The Labute approximate surface area is 228 Å². The first-order valence-electron chi connectivity index (χ1n) is 12.1. The van der Waals surface area contributed by atoms with Crippen LogP contribution < -0.4 is 5.32 Å². The number of nitrogens with zero attached hydrogens (tertiary/aromatic N) is 2. The summed E-state index contributed by atoms with van der Waals surface area (Å²) < 4.78 is 11.1. The van der Waals surface area contributed by atoms with Gasteiger partial charge in [-0.2, -0.15) is 0 Å². The number of carbonyl (C=O) groups is 2. The zero-order valence-electron chi connectivity index (χ0n) is 21.9. The van der Waals surface area contributed by atoms with Gasteiger partial charge in [-0.05, 0) is 31.9 Å². The Hall–Kier alpha value is -3.69. The number of halogens is 1. The van der Waals surface area contributed by atoms with Gasteiger partial charge in [0.25, 0.3) is 5.69 Å². The molecule has 1 N–H and O–H groups in total. The lowest BCUT2D eigenvalue weighted by atomic mass is 9.80. The molecule has 0 radical (unpaired) electrons. The number of dihydropyridines is 1. The molecule has 1 unspecified atom stereocenters. The van der Waals surface area contributed by atoms with Crippen LogP contribution in [-0.4, -0.2) is 47.6 Å². The molecular formula is C28H32ClN3O6. The minimum Gasteiger partial charge on any atom is -0.466 e. The molecule has 1 saturated heterocycles. The smallest absolute Gasteiger partial charge is 0.337 e. The van der Waals surface area contributed by atoms with E-state index < -0.39 is 28.4 Å². The highest BCUT2D eigenvalue weighted by Gasteiger charge is 2.42. The van der Waals surface area contributed by atoms with Crippen LogP contribution in [0.15, 0.2) is 77.1 Å². The summed E-state index contributed by atoms with van der Waals surface area (Å²) in [6, 6.07) is 16.1. The number of hydrogen-bond donors (Lipinski definition) is 1. The van der Waals surface area contributed by atoms with E-state index in [9.17, 15) is 19.7 Å². The maximum Gasteiger partial charge on any atom is 0.337 e. The van der Waals surface area contributed by atoms with Crippen LogP contribution in [0.4, 0.5) is 5.69 Å². The van der Waals surface area contributed by atoms with Gasteiger partial charge in [-0.1, -0.05) is 42.5 Å². The maximum atomic E-state index is 13.8. The third-order valence-electron chi connectivity index (χ3n) is 6.90. The molecule has 38 heavy (non-hydrogen) atoms. The van der Waals surface area contributed by atoms with Crippen LogP contribution in [0.2, 0.25) is 0 Å². The number of carbonyl (C=O) groups excluding carboxylic acids is 2. The second-order valence-corrected chi connectivity index (χ2v) is 9.76. The van der Waals surface area contributed by atoms with E-state index in [1.54, 1.807) is 19.9 Å². The lowest BCUT2D eigenvalue weighted by Crippen LogP contribution is -2.38. The van der Waals surface area contributed by atoms with Gasteiger partial charge in [0.1, 0.15) is 5.60 Å². The first kappa shape index (κ1) is 28.9. The molecule has 0 aromatic heterocycles. The fourth-order valence-corrected chi connectivity index (χ4v) is 5.16. The van der Waals surface area contributed by atoms with E-state index in [2.05, 4.69) is 22.3 Å². The second kappa shape index (κ2) is 11.8. The maximum absolute atomic E-state index is 13.8. The molecule has 9 nitrogen and oxygen atoms in total. The van der Waals surface area contributed by atoms with Crippen molar-refractivity contribution in [2.45, 2.75) is 45.3 Å². The number of non-ortho nitro benzene ring substituents is 1. The van der Waals surface area contributed by atoms with Gasteiger partial charge in [0.2, 0.25) is 0 Å². The van der Waals surface area contributed by atoms with Gasteiger partial charge in [-0.15, -0.1) is 12.4 Å². The molecule has 2 aliphatic rings. The summed E-state index contributed by atoms with van der Waals surface area (Å²) in [5.74, 6) is -2.08. The van der Waals surface area contributed by atoms with E-state index in [1.807, 2.05) is 25.1 Å². The van der Waals surface area contributed by atoms with Crippen molar-refractivity contribution < 1.29 is 24.0 Å². The molecule has 4 rings (SSSR count). The lowest BCUT2D eigenvalue weighted by molar-refractivity contribution is -0.384. The van der Waals surface area contributed by atoms with Gasteiger partial charge < -0.3 is 14.8 Å². The first-order chi connectivity index (χ1) is 17.6. The van der Waals surface area contributed by atoms with Crippen molar-refractivity contribution in [2.24, 2.45) is 0 Å². The number of nitro benzene ring substituents is 1. The average Bonchev–Trinajstić information content (AvgIpc) is 3.23. The van der Waals surface area contributed by atoms with E-state index in [4.69, 9.17) is 9.47 Å². The molecule has 0 aliphatic carbocycles. The van der Waals surface area contributed by atoms with Gasteiger partial charge in [0.05, 0.1) is 29.1 Å². The summed E-state index contributed by atoms with van der Waals surface area (Å²) in [5, 5.41) is 14.6. The van der Waals surface area contributed by atoms with Crippen molar-refractivity contribution in [1.29, 1.82) is 0 Å². The van der Waals surface area contributed by atoms with Crippen molar-refractivity contribution in [2.75, 3.05) is 20.2 Å². The molecule has 2 aliphatic heterocycles. The van der Waals surface area contributed by atoms with Crippen LogP contribution >= 0.6 is 12.4 Å². The minimum absolute atomic E-state index is 0. The summed E-state index contributed by atoms with van der Waals surface area (Å²) in [5.41, 5.74) is 2.23. The number of esters is 2. The average molecular weight is 542 g/mol. The molecule has 0 bridgehead atoms. The summed E-state index contributed by atoms with van der Waals surface area (Å²) in [6.45, 7) is 7.44. The van der Waals surface area contributed by atoms with Crippen molar-refractivity contribution in [3.05, 3.63) is 98.4 Å². The van der Waals surface area contributed by atoms with Crippen molar-refractivity contribution >= 4 is 30.0 Å². The van der Waals surface area contributed by atoms with E-state index in [0.717, 1.165) is 13.1 Å². The molecule has 10 heteroatoms. The number of hydrogen-bond acceptors (Lipinski definition) is 8. The van der Waals surface area contributed by atoms with Crippen LogP contribution in [0.5, 0.6) is 0 Å². The molecule has 0 saturated carbocycles. The molecule has 2 aromatic carbocycles. The first-order valence-corrected chi connectivity index (χ1v) is 12.1. The van der Waals surface area contributed by atoms with Crippen molar-refractivity contribution in [1.82, 2.24) is 10.2 Å². The van der Waals surface area contributed by atoms with Gasteiger partial charge in [0.15, 0.2) is 0 Å². The Balaban J connectivity index is 0.00000400. The van der Waals surface area contributed by atoms with E-state index in [0.29, 0.717) is 29.9 Å². The summed E-state index contributed by atoms with van der Waals surface area (Å²) in [4.78, 5) is 39.8. The quantitative estimate of drug-likeness (QED) is 0.307. The zero-order chi connectivity index (χ0) is 26.7. The molecule has 2 atom stereocenters. The fourth-order valence-electron chi connectivity index (χ4n) is 5.16. The number of benzene rings is 2. The minimum atomic E-state index is -0.883. The molecule has 2 aromatic rings. The number of allylic oxidation sites excluding steroid dienone is 2. The van der Waals surface area contributed by atoms with Crippen LogP contribution in [0, 0.1) is 10.1 Å². The highest BCUT2D eigenvalue weighted by Crippen LogP contribution is 2.41. The normalized spacial score (nSPS) is 21.4. The van der Waals surface area contributed by atoms with Gasteiger partial charge in [-0.25, -0.2) is 9.59 Å². The number of likely N-dealkylation sites (tertiary alicyclic amines) is 1. The Morgan fingerprint density at radius 3 is 2.37 bits per heavy atom. The number of nitro groups is 1. The van der Waals surface area contributed by atoms with Crippen LogP contribution in [-0.2, 0) is 25.6 Å². The topological polar surface area (TPSA) is 111 Å². The van der Waals surface area contributed by atoms with E-state index in [-0.39, 0.29) is 29.2 Å². The summed E-state index contributed by atoms with van der Waals surface area (Å²) >= 11 is 0. The SMILES string of the molecule is COC(=O)C1=C(C)NC(C)=C(C(=O)OC2(C)CCN(Cc3ccccc3)C2)[C@@H]1c1cccc([N+](=O)[O-])c1.Cl. The van der Waals surface area contributed by atoms with Crippen molar-refractivity contribution in [3.63, 3.8) is 0 Å². The highest BCUT2D eigenvalue weighted by molar-refractivity contribution is 6.00. The molecule has 2 heterocycles. The standard InChI is InChI=1S/C28H31N3O6.ClH/c1-18-23(26(32)36-4)25(21-11-8-12-22(15-21)31(34)35)24(19(2)29-18)27(33)37-28(3)13-14-30(17-28)16-20-9-6-5-7-10-20;/h5-12,15,25,29H,13-14,16-17H2,1-4H3;1H/t25-,28?;/m1./s1. The molecule has 1 fully saturated rings. The zero-order valence-corrected chi connectivity index (χ0v) is 22.7. The fraction of sp³-hybridized carbons (Fsp3) is 0.357. The monoisotopic (exact) mass is 541 g/mol. The Kier molecular flexibility index (Phi) is 8.96. The van der Waals surface area contributed by atoms with Crippen LogP contribution in [0.3, 0.4) is 0 Å². The van der Waals surface area contributed by atoms with E-state index >= 15 is 0 Å². The highest BCUT2D eigenvalue weighted by atomic mass is 35.5. The molecule has 202 valence electrons. The Bertz CT molecular complexity index is 1290. The van der Waals surface area contributed by atoms with Gasteiger partial charge >= 0.3 is 11.9 Å². The second-order valence-electron chi connectivity index (χ2n) is 9.76. The summed E-state index contributed by atoms with van der Waals surface area (Å²) in [6.07, 6.45) is 0.658. The van der Waals surface area contributed by atoms with Crippen molar-refractivity contribution in [3.8, 4) is 0 Å². The predicted molar refractivity (Wildman–Crippen MR) is 144 cm³/mol. The number of methoxy groups -OCH3 is 1. The van der Waals surface area contributed by atoms with Gasteiger partial charge in [0, 0.05) is 49.6 Å². The largest absolute Gasteiger partial charge is 0.466 e. The Morgan fingerprint density at radius 2 is 1.74 bits per heavy atom. The molecule has 0 spiro atoms. The number of nitrogens with one attached hydrogen (secondary N) is 1. The van der Waals surface area contributed by atoms with E-state index in [1.165, 1.54) is 30.9 Å².